The van der Waals surface area contributed by atoms with E-state index >= 15 is 0 Å². The smallest absolute Gasteiger partial charge is 0.333 e. The Kier molecular flexibility index (Phi) is 8.42. The highest BCUT2D eigenvalue weighted by molar-refractivity contribution is 6.93. The normalized spacial score (nSPS) is 16.5. The molecule has 0 radical (unpaired) electrons. The first-order valence-electron chi connectivity index (χ1n) is 23.2. The Morgan fingerprint density at radius 3 is 1.77 bits per heavy atom. The van der Waals surface area contributed by atoms with Gasteiger partial charge in [0.25, 0.3) is 0 Å². The predicted molar refractivity (Wildman–Crippen MR) is 272 cm³/mol. The third kappa shape index (κ3) is 5.60. The Labute approximate surface area is 379 Å². The van der Waals surface area contributed by atoms with Crippen LogP contribution < -0.4 is 25.5 Å². The van der Waals surface area contributed by atoms with Crippen LogP contribution in [0.4, 0.5) is 45.5 Å². The van der Waals surface area contributed by atoms with Gasteiger partial charge in [0.15, 0.2) is 0 Å². The van der Waals surface area contributed by atoms with Gasteiger partial charge in [0, 0.05) is 50.8 Å². The standard InChI is InChI=1S/C60H54BN3/c1-39-20-17-18-27-45(39)40-34-47-46-36-44(62(41-21-11-8-12-22-41)42-23-13-9-14-24-42)30-31-53(46)64(43-25-15-10-16-26-43)61-52-29-19-28-48-57(52)63(55(35-40)56(47)61)54-38-50-49(37-51(54)60(48,6)7)58(2,3)32-33-59(50,4)5/h8-31,34-38H,32-33H2,1-7H3. The summed E-state index contributed by atoms with van der Waals surface area (Å²) in [5, 5.41) is 0. The summed E-state index contributed by atoms with van der Waals surface area (Å²) in [6.07, 6.45) is 2.36. The second-order valence-corrected chi connectivity index (χ2v) is 20.5. The molecular weight excluding hydrogens is 773 g/mol. The van der Waals surface area contributed by atoms with Crippen LogP contribution in [0.25, 0.3) is 22.3 Å². The van der Waals surface area contributed by atoms with Gasteiger partial charge in [-0.3, -0.25) is 0 Å². The van der Waals surface area contributed by atoms with E-state index in [1.54, 1.807) is 0 Å². The lowest BCUT2D eigenvalue weighted by Gasteiger charge is -2.52. The summed E-state index contributed by atoms with van der Waals surface area (Å²) in [6.45, 7) is 17.0. The summed E-state index contributed by atoms with van der Waals surface area (Å²) in [5.41, 5.74) is 24.4. The maximum absolute atomic E-state index is 2.71. The first-order valence-corrected chi connectivity index (χ1v) is 23.2. The zero-order valence-corrected chi connectivity index (χ0v) is 38.1. The van der Waals surface area contributed by atoms with Crippen molar-refractivity contribution in [2.45, 2.75) is 77.6 Å². The highest BCUT2D eigenvalue weighted by Gasteiger charge is 2.51. The Balaban J connectivity index is 1.21. The second-order valence-electron chi connectivity index (χ2n) is 20.5. The summed E-state index contributed by atoms with van der Waals surface area (Å²) < 4.78 is 0. The van der Waals surface area contributed by atoms with Gasteiger partial charge in [-0.15, -0.1) is 0 Å². The number of benzene rings is 8. The number of rotatable bonds is 5. The molecule has 1 aliphatic carbocycles. The zero-order chi connectivity index (χ0) is 43.7. The first-order chi connectivity index (χ1) is 30.9. The SMILES string of the molecule is Cc1ccccc1-c1cc2c3c(c1)N1c4cc5c(cc4C(C)(C)c4cccc(c41)B3N(c1ccccc1)c1ccc(N(c3ccccc3)c3ccccc3)cc1-2)C(C)(C)CCC5(C)C. The molecule has 8 aromatic carbocycles. The molecule has 0 amide bonds. The fraction of sp³-hybridized carbons (Fsp3) is 0.200. The Hall–Kier alpha value is -6.78. The van der Waals surface area contributed by atoms with Crippen LogP contribution in [0, 0.1) is 6.92 Å². The van der Waals surface area contributed by atoms with Gasteiger partial charge in [0.2, 0.25) is 0 Å². The van der Waals surface area contributed by atoms with E-state index in [9.17, 15) is 0 Å². The number of para-hydroxylation sites is 4. The quantitative estimate of drug-likeness (QED) is 0.160. The number of hydrogen-bond donors (Lipinski definition) is 0. The third-order valence-electron chi connectivity index (χ3n) is 15.4. The number of anilines is 8. The lowest BCUT2D eigenvalue weighted by molar-refractivity contribution is 0.331. The lowest BCUT2D eigenvalue weighted by Crippen LogP contribution is -2.62. The molecule has 12 rings (SSSR count). The number of hydrogen-bond acceptors (Lipinski definition) is 3. The molecule has 8 aromatic rings. The number of fused-ring (bicyclic) bond motifs is 7. The largest absolute Gasteiger partial charge is 0.376 e. The van der Waals surface area contributed by atoms with Crippen molar-refractivity contribution in [3.8, 4) is 22.3 Å². The average molecular weight is 828 g/mol. The number of nitrogens with zero attached hydrogens (tertiary/aromatic N) is 3. The van der Waals surface area contributed by atoms with E-state index in [1.165, 1.54) is 102 Å². The molecule has 64 heavy (non-hydrogen) atoms. The topological polar surface area (TPSA) is 9.72 Å². The molecule has 0 fully saturated rings. The highest BCUT2D eigenvalue weighted by Crippen LogP contribution is 2.58. The van der Waals surface area contributed by atoms with Gasteiger partial charge < -0.3 is 14.6 Å². The molecule has 0 saturated heterocycles. The third-order valence-corrected chi connectivity index (χ3v) is 15.4. The predicted octanol–water partition coefficient (Wildman–Crippen LogP) is 14.8. The summed E-state index contributed by atoms with van der Waals surface area (Å²) >= 11 is 0. The van der Waals surface area contributed by atoms with Crippen LogP contribution >= 0.6 is 0 Å². The van der Waals surface area contributed by atoms with Crippen LogP contribution in [-0.4, -0.2) is 6.85 Å². The van der Waals surface area contributed by atoms with Crippen LogP contribution in [0.2, 0.25) is 0 Å². The lowest BCUT2D eigenvalue weighted by atomic mass is 9.42. The Bertz CT molecular complexity index is 3130. The fourth-order valence-corrected chi connectivity index (χ4v) is 11.9. The van der Waals surface area contributed by atoms with Crippen LogP contribution in [0.15, 0.2) is 176 Å². The number of aryl methyl sites for hydroxylation is 1. The van der Waals surface area contributed by atoms with Gasteiger partial charge in [-0.2, -0.15) is 0 Å². The van der Waals surface area contributed by atoms with Crippen molar-refractivity contribution in [2.24, 2.45) is 0 Å². The van der Waals surface area contributed by atoms with Crippen molar-refractivity contribution >= 4 is 63.3 Å². The van der Waals surface area contributed by atoms with E-state index < -0.39 is 0 Å². The van der Waals surface area contributed by atoms with Gasteiger partial charge >= 0.3 is 6.85 Å². The highest BCUT2D eigenvalue weighted by atomic mass is 15.2. The second kappa shape index (κ2) is 13.9. The molecule has 4 heteroatoms. The van der Waals surface area contributed by atoms with Crippen molar-refractivity contribution in [3.63, 3.8) is 0 Å². The van der Waals surface area contributed by atoms with Gasteiger partial charge in [-0.05, 0) is 159 Å². The first kappa shape index (κ1) is 38.9. The van der Waals surface area contributed by atoms with Gasteiger partial charge in [0.1, 0.15) is 0 Å². The molecule has 0 bridgehead atoms. The van der Waals surface area contributed by atoms with Gasteiger partial charge in [-0.1, -0.05) is 145 Å². The van der Waals surface area contributed by atoms with Crippen molar-refractivity contribution in [1.29, 1.82) is 0 Å². The molecule has 312 valence electrons. The fourth-order valence-electron chi connectivity index (χ4n) is 11.9. The molecule has 0 N–H and O–H groups in total. The molecule has 0 unspecified atom stereocenters. The van der Waals surface area contributed by atoms with Crippen LogP contribution in [0.1, 0.15) is 82.2 Å². The molecule has 0 atom stereocenters. The molecule has 3 heterocycles. The molecular formula is C60H54BN3. The minimum Gasteiger partial charge on any atom is -0.376 e. The summed E-state index contributed by atoms with van der Waals surface area (Å²) in [4.78, 5) is 7.74. The average Bonchev–Trinajstić information content (AvgIpc) is 3.31. The van der Waals surface area contributed by atoms with Gasteiger partial charge in [0.05, 0.1) is 5.69 Å². The Morgan fingerprint density at radius 1 is 0.469 bits per heavy atom. The van der Waals surface area contributed by atoms with Crippen molar-refractivity contribution in [2.75, 3.05) is 14.6 Å². The monoisotopic (exact) mass is 827 g/mol. The molecule has 0 saturated carbocycles. The summed E-state index contributed by atoms with van der Waals surface area (Å²) in [7, 11) is 0. The van der Waals surface area contributed by atoms with Crippen LogP contribution in [0.5, 0.6) is 0 Å². The maximum Gasteiger partial charge on any atom is 0.333 e. The van der Waals surface area contributed by atoms with Crippen molar-refractivity contribution in [1.82, 2.24) is 0 Å². The van der Waals surface area contributed by atoms with Crippen molar-refractivity contribution < 1.29 is 0 Å². The van der Waals surface area contributed by atoms with E-state index in [2.05, 4.69) is 239 Å². The minimum atomic E-state index is -0.227. The Morgan fingerprint density at radius 2 is 1.09 bits per heavy atom. The van der Waals surface area contributed by atoms with E-state index in [4.69, 9.17) is 0 Å². The summed E-state index contributed by atoms with van der Waals surface area (Å²) in [5.74, 6) is 0. The summed E-state index contributed by atoms with van der Waals surface area (Å²) in [6, 6.07) is 66.2. The van der Waals surface area contributed by atoms with E-state index in [-0.39, 0.29) is 23.1 Å². The zero-order valence-electron chi connectivity index (χ0n) is 38.1. The van der Waals surface area contributed by atoms with E-state index in [0.29, 0.717) is 0 Å². The molecule has 0 spiro atoms. The van der Waals surface area contributed by atoms with Gasteiger partial charge in [-0.25, -0.2) is 0 Å². The van der Waals surface area contributed by atoms with E-state index in [1.807, 2.05) is 0 Å². The maximum atomic E-state index is 2.71. The van der Waals surface area contributed by atoms with E-state index in [0.717, 1.165) is 17.1 Å². The molecule has 3 aliphatic heterocycles. The molecule has 3 nitrogen and oxygen atoms in total. The minimum absolute atomic E-state index is 0.0624. The van der Waals surface area contributed by atoms with Crippen LogP contribution in [0.3, 0.4) is 0 Å². The molecule has 4 aliphatic rings. The van der Waals surface area contributed by atoms with Crippen molar-refractivity contribution in [3.05, 3.63) is 204 Å². The van der Waals surface area contributed by atoms with Crippen LogP contribution in [-0.2, 0) is 16.2 Å². The molecule has 0 aromatic heterocycles.